The Balaban J connectivity index is 0.000000346. The van der Waals surface area contributed by atoms with Gasteiger partial charge in [-0.15, -0.1) is 0 Å². The molecule has 0 spiro atoms. The van der Waals surface area contributed by atoms with Crippen molar-refractivity contribution in [3.05, 3.63) is 71.8 Å². The van der Waals surface area contributed by atoms with Crippen LogP contribution in [0.3, 0.4) is 0 Å². The van der Waals surface area contributed by atoms with Crippen LogP contribution in [0.15, 0.2) is 60.7 Å². The first-order valence-electron chi connectivity index (χ1n) is 8.80. The number of hydrogen-bond acceptors (Lipinski definition) is 0. The van der Waals surface area contributed by atoms with Crippen molar-refractivity contribution >= 4 is 70.9 Å². The first-order valence-corrected chi connectivity index (χ1v) is 8.80. The topological polar surface area (TPSA) is 0 Å². The molecule has 0 aromatic heterocycles. The molecular formula is C18H20Li4. The average Bonchev–Trinajstić information content (AvgIpc) is 2.60. The molecule has 0 aliphatic heterocycles. The van der Waals surface area contributed by atoms with Gasteiger partial charge in [-0.25, -0.2) is 0 Å². The van der Waals surface area contributed by atoms with Gasteiger partial charge in [0.05, 0.1) is 0 Å². The molecule has 0 fully saturated rings. The SMILES string of the molecule is [Li][CH2]CC[CH2][Li].[Li][CH](c1ccccc1)[CH]([Li])c1ccccc1. The molecule has 0 aliphatic rings. The first-order chi connectivity index (χ1) is 10.7. The van der Waals surface area contributed by atoms with Crippen LogP contribution < -0.4 is 0 Å². The molecule has 2 atom stereocenters. The molecular weight excluding hydrogens is 244 g/mol. The summed E-state index contributed by atoms with van der Waals surface area (Å²) < 4.78 is 1.12. The Morgan fingerprint density at radius 2 is 0.909 bits per heavy atom. The summed E-state index contributed by atoms with van der Waals surface area (Å²) in [7, 11) is 0. The fourth-order valence-corrected chi connectivity index (χ4v) is 2.59. The second-order valence-electron chi connectivity index (χ2n) is 6.11. The summed E-state index contributed by atoms with van der Waals surface area (Å²) in [6, 6.07) is 21.5. The molecule has 0 saturated heterocycles. The predicted octanol–water partition coefficient (Wildman–Crippen LogP) is 3.75. The van der Waals surface area contributed by atoms with Crippen molar-refractivity contribution in [2.24, 2.45) is 0 Å². The molecule has 0 nitrogen and oxygen atoms in total. The number of hydrogen-bond donors (Lipinski definition) is 0. The molecule has 0 heterocycles. The molecule has 2 aromatic rings. The summed E-state index contributed by atoms with van der Waals surface area (Å²) >= 11 is 9.06. The molecule has 2 unspecified atom stereocenters. The fraction of sp³-hybridized carbons (Fsp3) is 0.333. The number of benzene rings is 2. The van der Waals surface area contributed by atoms with Crippen molar-refractivity contribution in [3.8, 4) is 0 Å². The Morgan fingerprint density at radius 3 is 1.18 bits per heavy atom. The van der Waals surface area contributed by atoms with E-state index in [1.54, 1.807) is 0 Å². The van der Waals surface area contributed by atoms with Crippen LogP contribution in [0.1, 0.15) is 33.2 Å². The van der Waals surface area contributed by atoms with E-state index >= 15 is 0 Å². The minimum absolute atomic E-state index is 0.559. The van der Waals surface area contributed by atoms with Gasteiger partial charge in [-0.2, -0.15) is 0 Å². The Kier molecular flexibility index (Phi) is 12.5. The average molecular weight is 264 g/mol. The van der Waals surface area contributed by atoms with E-state index in [-0.39, 0.29) is 0 Å². The summed E-state index contributed by atoms with van der Waals surface area (Å²) in [5.41, 5.74) is 2.83. The maximum absolute atomic E-state index is 2.30. The Labute approximate surface area is 173 Å². The normalized spacial score (nSPS) is 13.1. The van der Waals surface area contributed by atoms with Crippen molar-refractivity contribution in [2.45, 2.75) is 32.2 Å². The van der Waals surface area contributed by atoms with E-state index in [1.807, 2.05) is 0 Å². The van der Waals surface area contributed by atoms with Crippen molar-refractivity contribution < 1.29 is 0 Å². The second kappa shape index (κ2) is 13.2. The number of rotatable bonds is 6. The summed E-state index contributed by atoms with van der Waals surface area (Å²) in [5.74, 6) is 0. The van der Waals surface area contributed by atoms with E-state index in [0.717, 1.165) is 0 Å². The van der Waals surface area contributed by atoms with E-state index in [0.29, 0.717) is 9.18 Å². The third-order valence-corrected chi connectivity index (χ3v) is 4.36. The van der Waals surface area contributed by atoms with E-state index in [9.17, 15) is 0 Å². The molecule has 96 valence electrons. The van der Waals surface area contributed by atoms with E-state index in [1.165, 1.54) is 34.2 Å². The van der Waals surface area contributed by atoms with Gasteiger partial charge in [-0.05, 0) is 0 Å². The molecule has 0 N–H and O–H groups in total. The van der Waals surface area contributed by atoms with Crippen LogP contribution in [-0.4, -0.2) is 70.9 Å². The van der Waals surface area contributed by atoms with Gasteiger partial charge in [-0.1, -0.05) is 0 Å². The molecule has 0 aliphatic carbocycles. The second-order valence-corrected chi connectivity index (χ2v) is 6.11. The predicted molar refractivity (Wildman–Crippen MR) is 100 cm³/mol. The molecule has 0 bridgehead atoms. The monoisotopic (exact) mass is 264 g/mol. The van der Waals surface area contributed by atoms with Crippen LogP contribution in [0.4, 0.5) is 0 Å². The summed E-state index contributed by atoms with van der Waals surface area (Å²) in [5, 5.41) is 2.71. The molecule has 0 radical (unpaired) electrons. The minimum atomic E-state index is 0.559. The van der Waals surface area contributed by atoms with Crippen LogP contribution in [0, 0.1) is 0 Å². The zero-order valence-electron chi connectivity index (χ0n) is 14.8. The van der Waals surface area contributed by atoms with Gasteiger partial charge in [0.1, 0.15) is 0 Å². The summed E-state index contributed by atoms with van der Waals surface area (Å²) in [6.45, 7) is 0. The molecule has 2 rings (SSSR count). The molecule has 0 amide bonds. The number of unbranched alkanes of at least 4 members (excludes halogenated alkanes) is 1. The Morgan fingerprint density at radius 1 is 0.591 bits per heavy atom. The van der Waals surface area contributed by atoms with E-state index < -0.39 is 0 Å². The van der Waals surface area contributed by atoms with Crippen LogP contribution in [0.2, 0.25) is 10.2 Å². The molecule has 4 heteroatoms. The third-order valence-electron chi connectivity index (χ3n) is 4.36. The van der Waals surface area contributed by atoms with Gasteiger partial charge in [-0.3, -0.25) is 0 Å². The van der Waals surface area contributed by atoms with Gasteiger partial charge in [0.15, 0.2) is 0 Å². The first kappa shape index (κ1) is 20.9. The summed E-state index contributed by atoms with van der Waals surface area (Å²) in [6.07, 6.45) is 2.83. The van der Waals surface area contributed by atoms with Gasteiger partial charge in [0, 0.05) is 0 Å². The maximum atomic E-state index is 2.30. The Bertz CT molecular complexity index is 439. The standard InChI is InChI=1S/C14H12.C4H8.4Li/c1-3-7-13(8-4-1)11-12-14-9-5-2-6-10-14;1-3-4-2;;;;/h1-12H;1-4H2;;;;. The van der Waals surface area contributed by atoms with Crippen molar-refractivity contribution in [1.82, 2.24) is 0 Å². The third kappa shape index (κ3) is 8.08. The zero-order chi connectivity index (χ0) is 16.2. The molecule has 2 aromatic carbocycles. The zero-order valence-corrected chi connectivity index (χ0v) is 14.8. The van der Waals surface area contributed by atoms with Crippen LogP contribution >= 0.6 is 0 Å². The van der Waals surface area contributed by atoms with Crippen LogP contribution in [-0.2, 0) is 0 Å². The van der Waals surface area contributed by atoms with Crippen molar-refractivity contribution in [2.75, 3.05) is 0 Å². The quantitative estimate of drug-likeness (QED) is 0.550. The van der Waals surface area contributed by atoms with Gasteiger partial charge in [0.25, 0.3) is 0 Å². The van der Waals surface area contributed by atoms with Gasteiger partial charge in [0.2, 0.25) is 0 Å². The van der Waals surface area contributed by atoms with Crippen molar-refractivity contribution in [3.63, 3.8) is 0 Å². The van der Waals surface area contributed by atoms with Crippen molar-refractivity contribution in [1.29, 1.82) is 0 Å². The molecule has 0 saturated carbocycles. The van der Waals surface area contributed by atoms with E-state index in [2.05, 4.69) is 132 Å². The Hall–Kier alpha value is 0.830. The molecule has 22 heavy (non-hydrogen) atoms. The van der Waals surface area contributed by atoms with Crippen LogP contribution in [0.5, 0.6) is 0 Å². The van der Waals surface area contributed by atoms with Crippen LogP contribution in [0.25, 0.3) is 0 Å². The van der Waals surface area contributed by atoms with Gasteiger partial charge < -0.3 is 0 Å². The van der Waals surface area contributed by atoms with Gasteiger partial charge >= 0.3 is 175 Å². The van der Waals surface area contributed by atoms with E-state index in [4.69, 9.17) is 0 Å². The summed E-state index contributed by atoms with van der Waals surface area (Å²) in [4.78, 5) is 0. The fourth-order valence-electron chi connectivity index (χ4n) is 2.59.